The van der Waals surface area contributed by atoms with E-state index in [1.807, 2.05) is 12.1 Å². The summed E-state index contributed by atoms with van der Waals surface area (Å²) in [6, 6.07) is 9.21. The molecule has 19 heavy (non-hydrogen) atoms. The molecule has 106 valence electrons. The van der Waals surface area contributed by atoms with Gasteiger partial charge in [-0.15, -0.1) is 0 Å². The summed E-state index contributed by atoms with van der Waals surface area (Å²) in [4.78, 5) is 0. The van der Waals surface area contributed by atoms with E-state index in [9.17, 15) is 5.11 Å². The van der Waals surface area contributed by atoms with Crippen LogP contribution in [0, 0.1) is 0 Å². The zero-order chi connectivity index (χ0) is 13.5. The summed E-state index contributed by atoms with van der Waals surface area (Å²) in [5.74, 6) is 0.363. The fourth-order valence-electron chi connectivity index (χ4n) is 3.12. The number of hydrogen-bond donors (Lipinski definition) is 2. The minimum Gasteiger partial charge on any atom is -0.508 e. The zero-order valence-corrected chi connectivity index (χ0v) is 12.1. The maximum atomic E-state index is 9.27. The van der Waals surface area contributed by atoms with Crippen LogP contribution in [0.3, 0.4) is 0 Å². The highest BCUT2D eigenvalue weighted by molar-refractivity contribution is 5.25. The van der Waals surface area contributed by atoms with Crippen molar-refractivity contribution in [2.75, 3.05) is 0 Å². The monoisotopic (exact) mass is 262 g/mol. The number of aryl methyl sites for hydroxylation is 1. The zero-order valence-electron chi connectivity index (χ0n) is 12.1. The van der Waals surface area contributed by atoms with Crippen LogP contribution < -0.4 is 5.32 Å². The highest BCUT2D eigenvalue weighted by Gasteiger charge is 2.17. The van der Waals surface area contributed by atoms with Gasteiger partial charge in [0.1, 0.15) is 5.75 Å². The lowest BCUT2D eigenvalue weighted by Gasteiger charge is -2.18. The van der Waals surface area contributed by atoms with E-state index < -0.39 is 0 Å². The second kappa shape index (κ2) is 7.54. The molecule has 2 nitrogen and oxygen atoms in total. The molecule has 1 atom stereocenters. The lowest BCUT2D eigenvalue weighted by Crippen LogP contribution is -2.94. The normalized spacial score (nSPS) is 19.0. The summed E-state index contributed by atoms with van der Waals surface area (Å²) < 4.78 is 0. The van der Waals surface area contributed by atoms with Crippen LogP contribution in [-0.2, 0) is 6.42 Å². The Bertz CT molecular complexity index is 352. The molecule has 2 heteroatoms. The molecule has 1 fully saturated rings. The SMILES string of the molecule is C[C@H](CCc1ccc(O)cc1)[NH2+]C1CCCCCC1. The van der Waals surface area contributed by atoms with Gasteiger partial charge in [0.2, 0.25) is 0 Å². The van der Waals surface area contributed by atoms with Crippen molar-refractivity contribution in [2.45, 2.75) is 70.4 Å². The van der Waals surface area contributed by atoms with E-state index in [4.69, 9.17) is 0 Å². The summed E-state index contributed by atoms with van der Waals surface area (Å²) >= 11 is 0. The van der Waals surface area contributed by atoms with Crippen molar-refractivity contribution in [3.05, 3.63) is 29.8 Å². The number of benzene rings is 1. The van der Waals surface area contributed by atoms with Crippen LogP contribution in [-0.4, -0.2) is 17.2 Å². The summed E-state index contributed by atoms with van der Waals surface area (Å²) in [6.07, 6.45) is 10.9. The highest BCUT2D eigenvalue weighted by atomic mass is 16.3. The Kier molecular flexibility index (Phi) is 5.71. The third-order valence-corrected chi connectivity index (χ3v) is 4.33. The van der Waals surface area contributed by atoms with Gasteiger partial charge in [0.05, 0.1) is 12.1 Å². The van der Waals surface area contributed by atoms with Crippen LogP contribution in [0.15, 0.2) is 24.3 Å². The summed E-state index contributed by atoms with van der Waals surface area (Å²) in [7, 11) is 0. The van der Waals surface area contributed by atoms with E-state index >= 15 is 0 Å². The molecule has 3 N–H and O–H groups in total. The van der Waals surface area contributed by atoms with Gasteiger partial charge in [0, 0.05) is 6.42 Å². The Balaban J connectivity index is 1.71. The quantitative estimate of drug-likeness (QED) is 0.786. The van der Waals surface area contributed by atoms with Crippen molar-refractivity contribution in [1.29, 1.82) is 0 Å². The van der Waals surface area contributed by atoms with Gasteiger partial charge >= 0.3 is 0 Å². The minimum atomic E-state index is 0.363. The van der Waals surface area contributed by atoms with Gasteiger partial charge < -0.3 is 10.4 Å². The maximum Gasteiger partial charge on any atom is 0.115 e. The lowest BCUT2D eigenvalue weighted by molar-refractivity contribution is -0.720. The molecule has 0 aromatic heterocycles. The smallest absolute Gasteiger partial charge is 0.115 e. The van der Waals surface area contributed by atoms with Crippen LogP contribution in [0.25, 0.3) is 0 Å². The molecule has 1 aliphatic rings. The molecule has 0 unspecified atom stereocenters. The van der Waals surface area contributed by atoms with E-state index in [1.54, 1.807) is 12.1 Å². The number of nitrogens with two attached hydrogens (primary N) is 1. The molecule has 0 saturated heterocycles. The van der Waals surface area contributed by atoms with Crippen molar-refractivity contribution in [2.24, 2.45) is 0 Å². The molecule has 1 aliphatic carbocycles. The molecule has 1 aromatic rings. The highest BCUT2D eigenvalue weighted by Crippen LogP contribution is 2.15. The van der Waals surface area contributed by atoms with Crippen molar-refractivity contribution in [3.63, 3.8) is 0 Å². The average Bonchev–Trinajstić information content (AvgIpc) is 2.67. The summed E-state index contributed by atoms with van der Waals surface area (Å²) in [5, 5.41) is 11.9. The van der Waals surface area contributed by atoms with Crippen molar-refractivity contribution < 1.29 is 10.4 Å². The first-order valence-corrected chi connectivity index (χ1v) is 7.87. The fourth-order valence-corrected chi connectivity index (χ4v) is 3.12. The molecule has 1 saturated carbocycles. The predicted molar refractivity (Wildman–Crippen MR) is 79.3 cm³/mol. The van der Waals surface area contributed by atoms with Gasteiger partial charge in [0.15, 0.2) is 0 Å². The van der Waals surface area contributed by atoms with Crippen LogP contribution in [0.2, 0.25) is 0 Å². The topological polar surface area (TPSA) is 36.8 Å². The number of hydrogen-bond acceptors (Lipinski definition) is 1. The number of phenolic OH excluding ortho intramolecular Hbond substituents is 1. The number of aromatic hydroxyl groups is 1. The van der Waals surface area contributed by atoms with E-state index in [1.165, 1.54) is 50.5 Å². The number of rotatable bonds is 5. The fraction of sp³-hybridized carbons (Fsp3) is 0.647. The average molecular weight is 262 g/mol. The van der Waals surface area contributed by atoms with E-state index in [0.29, 0.717) is 11.8 Å². The van der Waals surface area contributed by atoms with E-state index in [-0.39, 0.29) is 0 Å². The molecule has 0 bridgehead atoms. The Hall–Kier alpha value is -1.02. The first-order valence-electron chi connectivity index (χ1n) is 7.87. The van der Waals surface area contributed by atoms with Crippen LogP contribution in [0.1, 0.15) is 57.4 Å². The van der Waals surface area contributed by atoms with Gasteiger partial charge in [0.25, 0.3) is 0 Å². The van der Waals surface area contributed by atoms with Crippen LogP contribution in [0.5, 0.6) is 5.75 Å². The Morgan fingerprint density at radius 2 is 1.74 bits per heavy atom. The van der Waals surface area contributed by atoms with Gasteiger partial charge in [-0.1, -0.05) is 25.0 Å². The maximum absolute atomic E-state index is 9.27. The molecule has 2 rings (SSSR count). The summed E-state index contributed by atoms with van der Waals surface area (Å²) in [6.45, 7) is 2.35. The predicted octanol–water partition coefficient (Wildman–Crippen LogP) is 3.00. The third-order valence-electron chi connectivity index (χ3n) is 4.33. The largest absolute Gasteiger partial charge is 0.508 e. The minimum absolute atomic E-state index is 0.363. The van der Waals surface area contributed by atoms with Gasteiger partial charge in [-0.2, -0.15) is 0 Å². The molecule has 0 heterocycles. The van der Waals surface area contributed by atoms with Crippen LogP contribution in [0.4, 0.5) is 0 Å². The second-order valence-corrected chi connectivity index (χ2v) is 6.13. The third kappa shape index (κ3) is 5.23. The standard InChI is InChI=1S/C17H27NO/c1-14(18-16-6-4-2-3-5-7-16)8-9-15-10-12-17(19)13-11-15/h10-14,16,18-19H,2-9H2,1H3/p+1/t14-/m1/s1. The first-order chi connectivity index (χ1) is 9.24. The molecule has 1 aromatic carbocycles. The van der Waals surface area contributed by atoms with E-state index in [2.05, 4.69) is 12.2 Å². The van der Waals surface area contributed by atoms with Crippen LogP contribution >= 0.6 is 0 Å². The Labute approximate surface area is 117 Å². The Morgan fingerprint density at radius 1 is 1.11 bits per heavy atom. The Morgan fingerprint density at radius 3 is 2.37 bits per heavy atom. The molecule has 0 spiro atoms. The molecular formula is C17H28NO+. The second-order valence-electron chi connectivity index (χ2n) is 6.13. The molecule has 0 amide bonds. The van der Waals surface area contributed by atoms with Gasteiger partial charge in [-0.05, 0) is 56.7 Å². The van der Waals surface area contributed by atoms with Crippen molar-refractivity contribution in [1.82, 2.24) is 0 Å². The van der Waals surface area contributed by atoms with Gasteiger partial charge in [-0.25, -0.2) is 0 Å². The number of phenols is 1. The molecule has 0 aliphatic heterocycles. The molecule has 0 radical (unpaired) electrons. The molecular weight excluding hydrogens is 234 g/mol. The lowest BCUT2D eigenvalue weighted by atomic mass is 10.0. The van der Waals surface area contributed by atoms with Crippen molar-refractivity contribution >= 4 is 0 Å². The van der Waals surface area contributed by atoms with E-state index in [0.717, 1.165) is 12.5 Å². The number of quaternary nitrogens is 1. The first kappa shape index (κ1) is 14.4. The van der Waals surface area contributed by atoms with Gasteiger partial charge in [-0.3, -0.25) is 0 Å². The summed E-state index contributed by atoms with van der Waals surface area (Å²) in [5.41, 5.74) is 1.33. The van der Waals surface area contributed by atoms with Crippen molar-refractivity contribution in [3.8, 4) is 5.75 Å².